The summed E-state index contributed by atoms with van der Waals surface area (Å²) in [7, 11) is 0. The maximum Gasteiger partial charge on any atom is 0.110 e. The third-order valence-corrected chi connectivity index (χ3v) is 3.66. The van der Waals surface area contributed by atoms with Crippen molar-refractivity contribution >= 4 is 12.2 Å². The lowest BCUT2D eigenvalue weighted by Crippen LogP contribution is -2.15. The van der Waals surface area contributed by atoms with E-state index in [0.29, 0.717) is 5.92 Å². The van der Waals surface area contributed by atoms with Crippen LogP contribution in [0.4, 0.5) is 0 Å². The maximum atomic E-state index is 5.15. The van der Waals surface area contributed by atoms with Crippen LogP contribution in [0, 0.1) is 4.64 Å². The van der Waals surface area contributed by atoms with Crippen LogP contribution >= 0.6 is 12.2 Å². The Morgan fingerprint density at radius 2 is 2.00 bits per heavy atom. The second-order valence-corrected chi connectivity index (χ2v) is 4.97. The van der Waals surface area contributed by atoms with Crippen molar-refractivity contribution in [2.75, 3.05) is 0 Å². The fourth-order valence-corrected chi connectivity index (χ4v) is 2.69. The molecule has 1 heterocycles. The monoisotopic (exact) mass is 242 g/mol. The van der Waals surface area contributed by atoms with Gasteiger partial charge in [0.25, 0.3) is 0 Å². The van der Waals surface area contributed by atoms with Gasteiger partial charge in [-0.1, -0.05) is 36.5 Å². The maximum absolute atomic E-state index is 5.15. The lowest BCUT2D eigenvalue weighted by molar-refractivity contribution is 0.554. The average Bonchev–Trinajstić information content (AvgIpc) is 2.38. The first-order valence-corrected chi connectivity index (χ1v) is 6.36. The number of aromatic nitrogens is 2. The van der Waals surface area contributed by atoms with Crippen LogP contribution in [0.3, 0.4) is 0 Å². The highest BCUT2D eigenvalue weighted by atomic mass is 32.1. The Morgan fingerprint density at radius 1 is 1.18 bits per heavy atom. The topological polar surface area (TPSA) is 28.7 Å². The van der Waals surface area contributed by atoms with E-state index in [1.807, 2.05) is 6.07 Å². The number of nitrogens with one attached hydrogen (secondary N) is 1. The van der Waals surface area contributed by atoms with E-state index in [0.717, 1.165) is 29.7 Å². The summed E-state index contributed by atoms with van der Waals surface area (Å²) in [6.45, 7) is 0. The number of hydrogen-bond donors (Lipinski definition) is 1. The summed E-state index contributed by atoms with van der Waals surface area (Å²) in [6.07, 6.45) is 5.16. The number of rotatable bonds is 1. The number of aromatic amines is 1. The minimum atomic E-state index is 0.479. The molecule has 1 aliphatic carbocycles. The first kappa shape index (κ1) is 10.7. The molecule has 0 saturated carbocycles. The van der Waals surface area contributed by atoms with Crippen LogP contribution < -0.4 is 0 Å². The van der Waals surface area contributed by atoms with Crippen LogP contribution in [0.5, 0.6) is 0 Å². The van der Waals surface area contributed by atoms with Crippen molar-refractivity contribution in [2.45, 2.75) is 25.2 Å². The van der Waals surface area contributed by atoms with Gasteiger partial charge in [0.2, 0.25) is 0 Å². The van der Waals surface area contributed by atoms with Gasteiger partial charge in [0.1, 0.15) is 10.5 Å². The molecule has 0 saturated heterocycles. The van der Waals surface area contributed by atoms with E-state index >= 15 is 0 Å². The summed E-state index contributed by atoms with van der Waals surface area (Å²) >= 11 is 5.15. The number of H-pyrrole nitrogens is 1. The number of hydrogen-bond acceptors (Lipinski definition) is 2. The standard InChI is InChI=1S/C14H14N2S/c17-13-7-8-15-14(16-13)12-6-5-10-3-1-2-4-11(10)9-12/h1-4,7-8,12H,5-6,9H2,(H,15,16,17). The summed E-state index contributed by atoms with van der Waals surface area (Å²) in [4.78, 5) is 7.63. The summed E-state index contributed by atoms with van der Waals surface area (Å²) in [6, 6.07) is 10.5. The first-order chi connectivity index (χ1) is 8.33. The largest absolute Gasteiger partial charge is 0.335 e. The summed E-state index contributed by atoms with van der Waals surface area (Å²) in [5, 5.41) is 0. The molecular formula is C14H14N2S. The van der Waals surface area contributed by atoms with Gasteiger partial charge in [-0.25, -0.2) is 4.98 Å². The number of fused-ring (bicyclic) bond motifs is 1. The van der Waals surface area contributed by atoms with Crippen molar-refractivity contribution in [1.82, 2.24) is 9.97 Å². The van der Waals surface area contributed by atoms with Crippen LogP contribution in [0.15, 0.2) is 36.5 Å². The van der Waals surface area contributed by atoms with Gasteiger partial charge in [-0.2, -0.15) is 0 Å². The van der Waals surface area contributed by atoms with Gasteiger partial charge in [-0.3, -0.25) is 0 Å². The van der Waals surface area contributed by atoms with Gasteiger partial charge in [-0.15, -0.1) is 0 Å². The van der Waals surface area contributed by atoms with Crippen molar-refractivity contribution < 1.29 is 0 Å². The number of nitrogens with zero attached hydrogens (tertiary/aromatic N) is 1. The molecule has 86 valence electrons. The second-order valence-electron chi connectivity index (χ2n) is 4.53. The molecule has 1 aromatic carbocycles. The van der Waals surface area contributed by atoms with Gasteiger partial charge in [0, 0.05) is 12.1 Å². The molecule has 0 fully saturated rings. The van der Waals surface area contributed by atoms with Crippen LogP contribution in [0.25, 0.3) is 0 Å². The molecule has 1 unspecified atom stereocenters. The van der Waals surface area contributed by atoms with E-state index in [-0.39, 0.29) is 0 Å². The van der Waals surface area contributed by atoms with Crippen LogP contribution in [-0.2, 0) is 12.8 Å². The molecule has 0 amide bonds. The van der Waals surface area contributed by atoms with E-state index in [2.05, 4.69) is 34.2 Å². The average molecular weight is 242 g/mol. The molecule has 1 aromatic heterocycles. The van der Waals surface area contributed by atoms with E-state index < -0.39 is 0 Å². The van der Waals surface area contributed by atoms with Gasteiger partial charge in [0.05, 0.1) is 0 Å². The van der Waals surface area contributed by atoms with Crippen molar-refractivity contribution in [3.63, 3.8) is 0 Å². The van der Waals surface area contributed by atoms with Gasteiger partial charge < -0.3 is 4.98 Å². The SMILES string of the molecule is S=c1ccnc(C2CCc3ccccc3C2)[nH]1. The molecule has 1 atom stereocenters. The van der Waals surface area contributed by atoms with Crippen molar-refractivity contribution in [3.8, 4) is 0 Å². The molecule has 2 nitrogen and oxygen atoms in total. The molecule has 1 N–H and O–H groups in total. The zero-order valence-electron chi connectivity index (χ0n) is 9.52. The normalized spacial score (nSPS) is 18.7. The Labute approximate surface area is 106 Å². The zero-order chi connectivity index (χ0) is 11.7. The van der Waals surface area contributed by atoms with E-state index in [4.69, 9.17) is 12.2 Å². The third kappa shape index (κ3) is 2.15. The Kier molecular flexibility index (Phi) is 2.77. The molecule has 0 radical (unpaired) electrons. The minimum absolute atomic E-state index is 0.479. The number of benzene rings is 1. The molecule has 0 aliphatic heterocycles. The zero-order valence-corrected chi connectivity index (χ0v) is 10.3. The molecular weight excluding hydrogens is 228 g/mol. The second kappa shape index (κ2) is 4.41. The van der Waals surface area contributed by atoms with E-state index in [1.54, 1.807) is 6.20 Å². The lowest BCUT2D eigenvalue weighted by atomic mass is 9.83. The highest BCUT2D eigenvalue weighted by Gasteiger charge is 2.20. The van der Waals surface area contributed by atoms with E-state index in [9.17, 15) is 0 Å². The van der Waals surface area contributed by atoms with Crippen LogP contribution in [0.2, 0.25) is 0 Å². The lowest BCUT2D eigenvalue weighted by Gasteiger charge is -2.23. The van der Waals surface area contributed by atoms with Gasteiger partial charge in [-0.05, 0) is 36.5 Å². The van der Waals surface area contributed by atoms with Crippen molar-refractivity contribution in [2.24, 2.45) is 0 Å². The highest BCUT2D eigenvalue weighted by Crippen LogP contribution is 2.30. The predicted octanol–water partition coefficient (Wildman–Crippen LogP) is 3.41. The molecule has 0 spiro atoms. The minimum Gasteiger partial charge on any atom is -0.335 e. The third-order valence-electron chi connectivity index (χ3n) is 3.42. The molecule has 17 heavy (non-hydrogen) atoms. The Morgan fingerprint density at radius 3 is 2.82 bits per heavy atom. The van der Waals surface area contributed by atoms with Crippen LogP contribution in [0.1, 0.15) is 29.3 Å². The highest BCUT2D eigenvalue weighted by molar-refractivity contribution is 7.71. The van der Waals surface area contributed by atoms with Gasteiger partial charge in [0.15, 0.2) is 0 Å². The van der Waals surface area contributed by atoms with Crippen LogP contribution in [-0.4, -0.2) is 9.97 Å². The fourth-order valence-electron chi connectivity index (χ4n) is 2.52. The molecule has 3 rings (SSSR count). The summed E-state index contributed by atoms with van der Waals surface area (Å²) in [5.41, 5.74) is 2.94. The predicted molar refractivity (Wildman–Crippen MR) is 70.6 cm³/mol. The molecule has 2 aromatic rings. The molecule has 0 bridgehead atoms. The number of aryl methyl sites for hydroxylation is 1. The van der Waals surface area contributed by atoms with Crippen molar-refractivity contribution in [1.29, 1.82) is 0 Å². The molecule has 1 aliphatic rings. The van der Waals surface area contributed by atoms with Crippen molar-refractivity contribution in [3.05, 3.63) is 58.1 Å². The first-order valence-electron chi connectivity index (χ1n) is 5.95. The Balaban J connectivity index is 1.92. The molecule has 3 heteroatoms. The summed E-state index contributed by atoms with van der Waals surface area (Å²) < 4.78 is 0.772. The quantitative estimate of drug-likeness (QED) is 0.776. The fraction of sp³-hybridized carbons (Fsp3) is 0.286. The van der Waals surface area contributed by atoms with Gasteiger partial charge >= 0.3 is 0 Å². The Bertz CT molecular complexity index is 589. The van der Waals surface area contributed by atoms with E-state index in [1.165, 1.54) is 11.1 Å². The summed E-state index contributed by atoms with van der Waals surface area (Å²) in [5.74, 6) is 1.51. The smallest absolute Gasteiger partial charge is 0.110 e. The Hall–Kier alpha value is -1.48.